The third-order valence-electron chi connectivity index (χ3n) is 4.17. The largest absolute Gasteiger partial charge is 0.416 e. The van der Waals surface area contributed by atoms with Gasteiger partial charge in [0.1, 0.15) is 10.6 Å². The van der Waals surface area contributed by atoms with Crippen molar-refractivity contribution in [2.24, 2.45) is 5.92 Å². The highest BCUT2D eigenvalue weighted by Crippen LogP contribution is 2.31. The molecule has 0 saturated carbocycles. The monoisotopic (exact) mass is 443 g/mol. The molecule has 0 aliphatic rings. The summed E-state index contributed by atoms with van der Waals surface area (Å²) in [5.74, 6) is 0.172. The van der Waals surface area contributed by atoms with Gasteiger partial charge in [-0.05, 0) is 41.8 Å². The van der Waals surface area contributed by atoms with Gasteiger partial charge in [-0.2, -0.15) is 21.6 Å². The Balaban J connectivity index is 2.24. The number of benzene rings is 2. The molecule has 2 aromatic carbocycles. The summed E-state index contributed by atoms with van der Waals surface area (Å²) in [5, 5.41) is 0. The lowest BCUT2D eigenvalue weighted by Gasteiger charge is -2.24. The summed E-state index contributed by atoms with van der Waals surface area (Å²) in [6.07, 6.45) is -4.33. The Morgan fingerprint density at radius 1 is 1.10 bits per heavy atom. The Morgan fingerprint density at radius 2 is 1.77 bits per heavy atom. The van der Waals surface area contributed by atoms with Crippen LogP contribution in [-0.4, -0.2) is 25.8 Å². The van der Waals surface area contributed by atoms with Crippen molar-refractivity contribution >= 4 is 16.0 Å². The van der Waals surface area contributed by atoms with E-state index in [1.165, 1.54) is 12.1 Å². The number of rotatable bonds is 8. The summed E-state index contributed by atoms with van der Waals surface area (Å²) in [6.45, 7) is 6.54. The van der Waals surface area contributed by atoms with E-state index in [9.17, 15) is 26.4 Å². The minimum absolute atomic E-state index is 0.0355. The van der Waals surface area contributed by atoms with Crippen LogP contribution in [0.5, 0.6) is 5.75 Å². The molecule has 164 valence electrons. The van der Waals surface area contributed by atoms with Crippen LogP contribution in [0.3, 0.4) is 0 Å². The zero-order chi connectivity index (χ0) is 22.5. The van der Waals surface area contributed by atoms with E-state index in [1.807, 2.05) is 13.8 Å². The standard InChI is InChI=1S/C21H24F3NO4S/c1-4-20(26)25(13-15(2)3)14-16-7-5-9-18(11-16)29-30(27,28)19-10-6-8-17(12-19)21(22,23)24/h5-12,15H,4,13-14H2,1-3H3. The predicted octanol–water partition coefficient (Wildman–Crippen LogP) is 4.87. The highest BCUT2D eigenvalue weighted by Gasteiger charge is 2.32. The summed E-state index contributed by atoms with van der Waals surface area (Å²) >= 11 is 0. The van der Waals surface area contributed by atoms with Crippen LogP contribution in [0.4, 0.5) is 13.2 Å². The second-order valence-corrected chi connectivity index (χ2v) is 8.78. The Hall–Kier alpha value is -2.55. The van der Waals surface area contributed by atoms with Gasteiger partial charge < -0.3 is 9.08 Å². The SMILES string of the molecule is CCC(=O)N(Cc1cccc(OS(=O)(=O)c2cccc(C(F)(F)F)c2)c1)CC(C)C. The molecule has 0 spiro atoms. The minimum atomic E-state index is -4.67. The molecule has 2 aromatic rings. The smallest absolute Gasteiger partial charge is 0.379 e. The molecule has 0 N–H and O–H groups in total. The summed E-state index contributed by atoms with van der Waals surface area (Å²) in [6, 6.07) is 9.51. The van der Waals surface area contributed by atoms with E-state index in [1.54, 1.807) is 24.0 Å². The number of amides is 1. The zero-order valence-corrected chi connectivity index (χ0v) is 17.8. The molecular weight excluding hydrogens is 419 g/mol. The number of carbonyl (C=O) groups excluding carboxylic acids is 1. The van der Waals surface area contributed by atoms with Crippen LogP contribution in [0.2, 0.25) is 0 Å². The summed E-state index contributed by atoms with van der Waals surface area (Å²) in [4.78, 5) is 13.2. The first kappa shape index (κ1) is 23.7. The first-order valence-electron chi connectivity index (χ1n) is 9.41. The van der Waals surface area contributed by atoms with E-state index in [0.29, 0.717) is 24.6 Å². The van der Waals surface area contributed by atoms with Crippen molar-refractivity contribution in [1.29, 1.82) is 0 Å². The van der Waals surface area contributed by atoms with Gasteiger partial charge in [0.05, 0.1) is 5.56 Å². The molecule has 0 atom stereocenters. The quantitative estimate of drug-likeness (QED) is 0.546. The van der Waals surface area contributed by atoms with E-state index in [4.69, 9.17) is 4.18 Å². The molecule has 9 heteroatoms. The lowest BCUT2D eigenvalue weighted by Crippen LogP contribution is -2.33. The lowest BCUT2D eigenvalue weighted by atomic mass is 10.1. The molecule has 0 unspecified atom stereocenters. The van der Waals surface area contributed by atoms with Crippen LogP contribution < -0.4 is 4.18 Å². The normalized spacial score (nSPS) is 12.1. The Bertz CT molecular complexity index is 988. The molecule has 0 aliphatic carbocycles. The van der Waals surface area contributed by atoms with Crippen LogP contribution in [0.15, 0.2) is 53.4 Å². The first-order valence-corrected chi connectivity index (χ1v) is 10.8. The summed E-state index contributed by atoms with van der Waals surface area (Å²) in [7, 11) is -4.46. The molecule has 0 bridgehead atoms. The van der Waals surface area contributed by atoms with Crippen LogP contribution in [0.1, 0.15) is 38.3 Å². The van der Waals surface area contributed by atoms with Crippen molar-refractivity contribution in [3.8, 4) is 5.75 Å². The predicted molar refractivity (Wildman–Crippen MR) is 106 cm³/mol. The molecule has 0 heterocycles. The van der Waals surface area contributed by atoms with E-state index in [0.717, 1.165) is 18.2 Å². The van der Waals surface area contributed by atoms with Gasteiger partial charge in [0.15, 0.2) is 0 Å². The fourth-order valence-electron chi connectivity index (χ4n) is 2.84. The molecule has 0 saturated heterocycles. The average molecular weight is 443 g/mol. The third kappa shape index (κ3) is 6.48. The molecule has 0 aromatic heterocycles. The molecule has 0 fully saturated rings. The number of alkyl halides is 3. The fraction of sp³-hybridized carbons (Fsp3) is 0.381. The van der Waals surface area contributed by atoms with E-state index in [2.05, 4.69) is 0 Å². The maximum Gasteiger partial charge on any atom is 0.416 e. The summed E-state index contributed by atoms with van der Waals surface area (Å²) < 4.78 is 68.6. The minimum Gasteiger partial charge on any atom is -0.379 e. The van der Waals surface area contributed by atoms with Gasteiger partial charge >= 0.3 is 16.3 Å². The van der Waals surface area contributed by atoms with Crippen molar-refractivity contribution in [2.45, 2.75) is 44.8 Å². The van der Waals surface area contributed by atoms with E-state index < -0.39 is 26.8 Å². The van der Waals surface area contributed by atoms with Gasteiger partial charge in [-0.25, -0.2) is 0 Å². The topological polar surface area (TPSA) is 63.7 Å². The number of nitrogens with zero attached hydrogens (tertiary/aromatic N) is 1. The van der Waals surface area contributed by atoms with Gasteiger partial charge in [0, 0.05) is 19.5 Å². The van der Waals surface area contributed by atoms with Crippen LogP contribution in [0, 0.1) is 5.92 Å². The molecule has 0 radical (unpaired) electrons. The molecule has 2 rings (SSSR count). The first-order chi connectivity index (χ1) is 13.9. The maximum absolute atomic E-state index is 12.9. The molecular formula is C21H24F3NO4S. The van der Waals surface area contributed by atoms with Gasteiger partial charge in [-0.15, -0.1) is 0 Å². The molecule has 30 heavy (non-hydrogen) atoms. The number of hydrogen-bond acceptors (Lipinski definition) is 4. The number of halogens is 3. The van der Waals surface area contributed by atoms with Crippen LogP contribution >= 0.6 is 0 Å². The maximum atomic E-state index is 12.9. The second-order valence-electron chi connectivity index (χ2n) is 7.23. The number of carbonyl (C=O) groups is 1. The third-order valence-corrected chi connectivity index (χ3v) is 5.41. The van der Waals surface area contributed by atoms with E-state index >= 15 is 0 Å². The average Bonchev–Trinajstić information content (AvgIpc) is 2.66. The lowest BCUT2D eigenvalue weighted by molar-refractivity contribution is -0.137. The highest BCUT2D eigenvalue weighted by atomic mass is 32.2. The summed E-state index contributed by atoms with van der Waals surface area (Å²) in [5.41, 5.74) is -0.433. The van der Waals surface area contributed by atoms with Crippen molar-refractivity contribution in [1.82, 2.24) is 4.90 Å². The van der Waals surface area contributed by atoms with Crippen molar-refractivity contribution in [3.63, 3.8) is 0 Å². The van der Waals surface area contributed by atoms with Crippen molar-refractivity contribution in [3.05, 3.63) is 59.7 Å². The van der Waals surface area contributed by atoms with Gasteiger partial charge in [0.2, 0.25) is 5.91 Å². The van der Waals surface area contributed by atoms with Crippen molar-refractivity contribution < 1.29 is 30.6 Å². The Morgan fingerprint density at radius 3 is 2.37 bits per heavy atom. The van der Waals surface area contributed by atoms with Gasteiger partial charge in [-0.1, -0.05) is 39.0 Å². The molecule has 1 amide bonds. The molecule has 5 nitrogen and oxygen atoms in total. The zero-order valence-electron chi connectivity index (χ0n) is 16.9. The van der Waals surface area contributed by atoms with Crippen LogP contribution in [0.25, 0.3) is 0 Å². The fourth-order valence-corrected chi connectivity index (χ4v) is 3.81. The van der Waals surface area contributed by atoms with Crippen LogP contribution in [-0.2, 0) is 27.6 Å². The van der Waals surface area contributed by atoms with Gasteiger partial charge in [-0.3, -0.25) is 4.79 Å². The molecule has 0 aliphatic heterocycles. The second kappa shape index (κ2) is 9.51. The van der Waals surface area contributed by atoms with E-state index in [-0.39, 0.29) is 24.1 Å². The Kier molecular flexibility index (Phi) is 7.52. The number of hydrogen-bond donors (Lipinski definition) is 0. The highest BCUT2D eigenvalue weighted by molar-refractivity contribution is 7.87. The van der Waals surface area contributed by atoms with Gasteiger partial charge in [0.25, 0.3) is 0 Å². The Labute approximate surface area is 174 Å². The van der Waals surface area contributed by atoms with Crippen molar-refractivity contribution in [2.75, 3.05) is 6.54 Å².